The molecule has 0 fully saturated rings. The Morgan fingerprint density at radius 1 is 1.10 bits per heavy atom. The second-order valence-corrected chi connectivity index (χ2v) is 9.77. The number of carbonyl (C=O) groups excluding carboxylic acids is 1. The van der Waals surface area contributed by atoms with Gasteiger partial charge in [0.1, 0.15) is 12.0 Å². The van der Waals surface area contributed by atoms with Gasteiger partial charge >= 0.3 is 0 Å². The number of benzene rings is 2. The van der Waals surface area contributed by atoms with Gasteiger partial charge < -0.3 is 25.2 Å². The first-order valence-electron chi connectivity index (χ1n) is 13.5. The summed E-state index contributed by atoms with van der Waals surface area (Å²) >= 11 is 0. The predicted molar refractivity (Wildman–Crippen MR) is 150 cm³/mol. The maximum absolute atomic E-state index is 13.1. The Balaban J connectivity index is 1.27. The van der Waals surface area contributed by atoms with Crippen LogP contribution < -0.4 is 10.6 Å². The van der Waals surface area contributed by atoms with E-state index in [2.05, 4.69) is 58.1 Å². The Kier molecular flexibility index (Phi) is 8.68. The molecule has 0 saturated heterocycles. The molecule has 2 atom stereocenters. The minimum Gasteiger partial charge on any atom is -0.459 e. The third kappa shape index (κ3) is 6.30. The molecule has 10 heteroatoms. The average Bonchev–Trinajstić information content (AvgIpc) is 3.36. The van der Waals surface area contributed by atoms with Crippen LogP contribution in [0, 0.1) is 10.1 Å². The van der Waals surface area contributed by atoms with Crippen LogP contribution in [0.1, 0.15) is 41.9 Å². The number of aromatic nitrogens is 1. The lowest BCUT2D eigenvalue weighted by atomic mass is 9.87. The molecule has 2 aliphatic rings. The summed E-state index contributed by atoms with van der Waals surface area (Å²) < 4.78 is 12.0. The van der Waals surface area contributed by atoms with E-state index in [-0.39, 0.29) is 29.9 Å². The number of pyridine rings is 1. The van der Waals surface area contributed by atoms with Gasteiger partial charge in [-0.15, -0.1) is 0 Å². The zero-order valence-electron chi connectivity index (χ0n) is 22.0. The number of amides is 1. The first-order chi connectivity index (χ1) is 19.5. The van der Waals surface area contributed by atoms with Crippen molar-refractivity contribution in [2.75, 3.05) is 31.6 Å². The van der Waals surface area contributed by atoms with Crippen LogP contribution in [-0.4, -0.2) is 53.5 Å². The van der Waals surface area contributed by atoms with Gasteiger partial charge in [-0.2, -0.15) is 0 Å². The number of rotatable bonds is 12. The maximum Gasteiger partial charge on any atom is 0.287 e. The highest BCUT2D eigenvalue weighted by molar-refractivity contribution is 5.91. The van der Waals surface area contributed by atoms with Gasteiger partial charge in [0.2, 0.25) is 6.29 Å². The molecule has 208 valence electrons. The lowest BCUT2D eigenvalue weighted by molar-refractivity contribution is -0.385. The number of hydrogen-bond donors (Lipinski definition) is 3. The molecule has 0 saturated carbocycles. The van der Waals surface area contributed by atoms with Crippen molar-refractivity contribution >= 4 is 17.4 Å². The number of nitro groups is 1. The van der Waals surface area contributed by atoms with E-state index in [0.29, 0.717) is 44.8 Å². The number of carbonyl (C=O) groups is 1. The SMILES string of the molecule is O=C(NCCNc1ccc([N+](=O)[O-])cn1)C1=C[C@H](c2cccc3c2Cc2ccccc2-3)C[C@H](OCCCCO)O1. The highest BCUT2D eigenvalue weighted by atomic mass is 16.7. The van der Waals surface area contributed by atoms with E-state index in [4.69, 9.17) is 14.6 Å². The quantitative estimate of drug-likeness (QED) is 0.137. The van der Waals surface area contributed by atoms with Crippen LogP contribution in [0.25, 0.3) is 11.1 Å². The molecule has 0 radical (unpaired) electrons. The van der Waals surface area contributed by atoms with Crippen LogP contribution in [0.3, 0.4) is 0 Å². The summed E-state index contributed by atoms with van der Waals surface area (Å²) in [7, 11) is 0. The maximum atomic E-state index is 13.1. The molecule has 40 heavy (non-hydrogen) atoms. The van der Waals surface area contributed by atoms with E-state index in [0.717, 1.165) is 12.0 Å². The molecule has 5 rings (SSSR count). The molecule has 1 amide bonds. The van der Waals surface area contributed by atoms with Crippen LogP contribution in [0.15, 0.2) is 72.6 Å². The van der Waals surface area contributed by atoms with Gasteiger partial charge in [0, 0.05) is 38.1 Å². The highest BCUT2D eigenvalue weighted by Gasteiger charge is 2.31. The molecule has 0 bridgehead atoms. The van der Waals surface area contributed by atoms with Crippen molar-refractivity contribution in [3.63, 3.8) is 0 Å². The van der Waals surface area contributed by atoms with E-state index in [9.17, 15) is 14.9 Å². The summed E-state index contributed by atoms with van der Waals surface area (Å²) in [5, 5.41) is 25.8. The van der Waals surface area contributed by atoms with Crippen molar-refractivity contribution < 1.29 is 24.3 Å². The molecule has 0 unspecified atom stereocenters. The Hall–Kier alpha value is -4.28. The smallest absolute Gasteiger partial charge is 0.287 e. The minimum atomic E-state index is -0.587. The molecule has 1 aromatic heterocycles. The Morgan fingerprint density at radius 2 is 1.95 bits per heavy atom. The van der Waals surface area contributed by atoms with Crippen LogP contribution in [0.4, 0.5) is 11.5 Å². The number of ether oxygens (including phenoxy) is 2. The second kappa shape index (κ2) is 12.7. The lowest BCUT2D eigenvalue weighted by Gasteiger charge is -2.30. The number of unbranched alkanes of at least 4 members (excludes halogenated alkanes) is 1. The van der Waals surface area contributed by atoms with Gasteiger partial charge in [0.15, 0.2) is 5.76 Å². The molecular formula is C30H32N4O6. The van der Waals surface area contributed by atoms with Gasteiger partial charge in [-0.25, -0.2) is 4.98 Å². The summed E-state index contributed by atoms with van der Waals surface area (Å²) in [5.41, 5.74) is 6.12. The average molecular weight is 545 g/mol. The Labute approximate surface area is 232 Å². The largest absolute Gasteiger partial charge is 0.459 e. The standard InChI is InChI=1S/C30H32N4O6/c35-14-3-4-15-39-29-18-21(24-8-5-9-25-23-7-2-1-6-20(23)16-26(24)25)17-27(40-29)30(36)32-13-12-31-28-11-10-22(19-33-28)34(37)38/h1-2,5-11,17,19,21,29,35H,3-4,12-16,18H2,(H,31,33)(H,32,36)/t21-,29+/m0/s1. The van der Waals surface area contributed by atoms with Crippen molar-refractivity contribution in [1.29, 1.82) is 0 Å². The van der Waals surface area contributed by atoms with E-state index in [1.165, 1.54) is 40.6 Å². The molecule has 10 nitrogen and oxygen atoms in total. The van der Waals surface area contributed by atoms with Gasteiger partial charge in [-0.1, -0.05) is 42.5 Å². The molecule has 1 aliphatic carbocycles. The first-order valence-corrected chi connectivity index (χ1v) is 13.5. The summed E-state index contributed by atoms with van der Waals surface area (Å²) in [6.07, 6.45) is 5.24. The summed E-state index contributed by atoms with van der Waals surface area (Å²) in [6.45, 7) is 1.20. The number of aliphatic hydroxyl groups is 1. The van der Waals surface area contributed by atoms with Gasteiger partial charge in [-0.05, 0) is 59.2 Å². The number of fused-ring (bicyclic) bond motifs is 3. The zero-order valence-corrected chi connectivity index (χ0v) is 22.0. The number of nitrogens with one attached hydrogen (secondary N) is 2. The fourth-order valence-corrected chi connectivity index (χ4v) is 5.15. The van der Waals surface area contributed by atoms with E-state index in [1.807, 2.05) is 6.08 Å². The van der Waals surface area contributed by atoms with Gasteiger partial charge in [-0.3, -0.25) is 14.9 Å². The van der Waals surface area contributed by atoms with E-state index < -0.39 is 11.2 Å². The molecule has 2 aromatic carbocycles. The Morgan fingerprint density at radius 3 is 2.75 bits per heavy atom. The Bertz CT molecular complexity index is 1390. The van der Waals surface area contributed by atoms with E-state index >= 15 is 0 Å². The number of anilines is 1. The lowest BCUT2D eigenvalue weighted by Crippen LogP contribution is -2.35. The summed E-state index contributed by atoms with van der Waals surface area (Å²) in [5.74, 6) is 0.278. The van der Waals surface area contributed by atoms with Crippen LogP contribution in [0.5, 0.6) is 0 Å². The van der Waals surface area contributed by atoms with E-state index in [1.54, 1.807) is 0 Å². The number of nitrogens with zero attached hydrogens (tertiary/aromatic N) is 2. The number of aliphatic hydroxyl groups excluding tert-OH is 1. The first kappa shape index (κ1) is 27.3. The van der Waals surface area contributed by atoms with Crippen LogP contribution in [0.2, 0.25) is 0 Å². The molecule has 1 aliphatic heterocycles. The zero-order chi connectivity index (χ0) is 27.9. The van der Waals surface area contributed by atoms with Crippen LogP contribution in [-0.2, 0) is 20.7 Å². The van der Waals surface area contributed by atoms with Crippen molar-refractivity contribution in [3.8, 4) is 11.1 Å². The normalized spacial score (nSPS) is 17.3. The number of hydrogen-bond acceptors (Lipinski definition) is 8. The highest BCUT2D eigenvalue weighted by Crippen LogP contribution is 2.42. The number of allylic oxidation sites excluding steroid dienone is 1. The van der Waals surface area contributed by atoms with Crippen molar-refractivity contribution in [1.82, 2.24) is 10.3 Å². The molecule has 0 spiro atoms. The fraction of sp³-hybridized carbons (Fsp3) is 0.333. The molecule has 3 aromatic rings. The monoisotopic (exact) mass is 544 g/mol. The predicted octanol–water partition coefficient (Wildman–Crippen LogP) is 4.29. The molecular weight excluding hydrogens is 512 g/mol. The third-order valence-corrected chi connectivity index (χ3v) is 7.10. The van der Waals surface area contributed by atoms with Crippen molar-refractivity contribution in [2.45, 2.75) is 37.9 Å². The van der Waals surface area contributed by atoms with Gasteiger partial charge in [0.05, 0.1) is 11.5 Å². The minimum absolute atomic E-state index is 0.0657. The van der Waals surface area contributed by atoms with Crippen LogP contribution >= 0.6 is 0 Å². The van der Waals surface area contributed by atoms with Crippen molar-refractivity contribution in [3.05, 3.63) is 99.4 Å². The fourth-order valence-electron chi connectivity index (χ4n) is 5.15. The summed E-state index contributed by atoms with van der Waals surface area (Å²) in [6, 6.07) is 17.6. The third-order valence-electron chi connectivity index (χ3n) is 7.10. The molecule has 2 heterocycles. The van der Waals surface area contributed by atoms with Gasteiger partial charge in [0.25, 0.3) is 11.6 Å². The summed E-state index contributed by atoms with van der Waals surface area (Å²) in [4.78, 5) is 27.4. The second-order valence-electron chi connectivity index (χ2n) is 9.77. The topological polar surface area (TPSA) is 136 Å². The van der Waals surface area contributed by atoms with Crippen molar-refractivity contribution in [2.24, 2.45) is 0 Å². The molecule has 3 N–H and O–H groups in total.